The van der Waals surface area contributed by atoms with E-state index in [1.165, 1.54) is 6.33 Å². The minimum absolute atomic E-state index is 0.208. The van der Waals surface area contributed by atoms with E-state index in [0.29, 0.717) is 5.88 Å². The van der Waals surface area contributed by atoms with Crippen LogP contribution >= 0.6 is 0 Å². The second kappa shape index (κ2) is 4.92. The molecule has 2 heterocycles. The number of nitrogens with zero attached hydrogens (tertiary/aromatic N) is 3. The van der Waals surface area contributed by atoms with Crippen molar-refractivity contribution in [2.75, 3.05) is 25.1 Å². The summed E-state index contributed by atoms with van der Waals surface area (Å²) >= 11 is 0. The molecule has 1 aliphatic heterocycles. The second-order valence-corrected chi connectivity index (χ2v) is 3.88. The average molecular weight is 221 g/mol. The molecular formula is C11H15N3O2. The highest BCUT2D eigenvalue weighted by Gasteiger charge is 2.19. The second-order valence-electron chi connectivity index (χ2n) is 3.88. The third-order valence-electron chi connectivity index (χ3n) is 2.89. The van der Waals surface area contributed by atoms with Gasteiger partial charge in [0.05, 0.1) is 7.11 Å². The van der Waals surface area contributed by atoms with Gasteiger partial charge in [-0.2, -0.15) is 0 Å². The SMILES string of the molecule is COc1cc(N2CCC(C=O)CC2)ncn1. The predicted octanol–water partition coefficient (Wildman–Crippen LogP) is 0.901. The summed E-state index contributed by atoms with van der Waals surface area (Å²) < 4.78 is 5.05. The maximum atomic E-state index is 10.6. The number of hydrogen-bond acceptors (Lipinski definition) is 5. The average Bonchev–Trinajstić information content (AvgIpc) is 2.39. The van der Waals surface area contributed by atoms with Crippen molar-refractivity contribution >= 4 is 12.1 Å². The van der Waals surface area contributed by atoms with E-state index in [4.69, 9.17) is 4.74 Å². The van der Waals surface area contributed by atoms with Gasteiger partial charge in [0.25, 0.3) is 0 Å². The molecule has 0 N–H and O–H groups in total. The Kier molecular flexibility index (Phi) is 3.34. The van der Waals surface area contributed by atoms with Crippen LogP contribution in [0.25, 0.3) is 0 Å². The van der Waals surface area contributed by atoms with Crippen molar-refractivity contribution in [1.82, 2.24) is 9.97 Å². The first-order valence-electron chi connectivity index (χ1n) is 5.39. The molecule has 86 valence electrons. The van der Waals surface area contributed by atoms with Crippen LogP contribution in [0.4, 0.5) is 5.82 Å². The molecular weight excluding hydrogens is 206 g/mol. The van der Waals surface area contributed by atoms with Gasteiger partial charge >= 0.3 is 0 Å². The molecule has 0 atom stereocenters. The summed E-state index contributed by atoms with van der Waals surface area (Å²) in [6.07, 6.45) is 4.35. The number of ether oxygens (including phenoxy) is 1. The zero-order valence-electron chi connectivity index (χ0n) is 9.30. The summed E-state index contributed by atoms with van der Waals surface area (Å²) in [4.78, 5) is 21.0. The molecule has 1 fully saturated rings. The van der Waals surface area contributed by atoms with Crippen molar-refractivity contribution in [3.63, 3.8) is 0 Å². The number of rotatable bonds is 3. The lowest BCUT2D eigenvalue weighted by atomic mass is 9.99. The number of methoxy groups -OCH3 is 1. The highest BCUT2D eigenvalue weighted by atomic mass is 16.5. The molecule has 5 nitrogen and oxygen atoms in total. The van der Waals surface area contributed by atoms with Gasteiger partial charge in [-0.3, -0.25) is 0 Å². The highest BCUT2D eigenvalue weighted by Crippen LogP contribution is 2.22. The lowest BCUT2D eigenvalue weighted by Gasteiger charge is -2.30. The maximum absolute atomic E-state index is 10.6. The van der Waals surface area contributed by atoms with Gasteiger partial charge in [0.2, 0.25) is 5.88 Å². The molecule has 2 rings (SSSR count). The van der Waals surface area contributed by atoms with Crippen molar-refractivity contribution < 1.29 is 9.53 Å². The van der Waals surface area contributed by atoms with Crippen molar-refractivity contribution in [1.29, 1.82) is 0 Å². The molecule has 1 saturated heterocycles. The summed E-state index contributed by atoms with van der Waals surface area (Å²) in [6.45, 7) is 1.73. The lowest BCUT2D eigenvalue weighted by molar-refractivity contribution is -0.111. The minimum Gasteiger partial charge on any atom is -0.481 e. The summed E-state index contributed by atoms with van der Waals surface area (Å²) in [5.41, 5.74) is 0. The fraction of sp³-hybridized carbons (Fsp3) is 0.545. The van der Waals surface area contributed by atoms with E-state index in [1.807, 2.05) is 6.07 Å². The van der Waals surface area contributed by atoms with Gasteiger partial charge in [0.1, 0.15) is 18.4 Å². The number of piperidine rings is 1. The number of carbonyl (C=O) groups excluding carboxylic acids is 1. The van der Waals surface area contributed by atoms with Gasteiger partial charge in [-0.25, -0.2) is 9.97 Å². The number of aldehydes is 1. The molecule has 16 heavy (non-hydrogen) atoms. The Morgan fingerprint density at radius 3 is 2.81 bits per heavy atom. The van der Waals surface area contributed by atoms with Crippen LogP contribution in [0.2, 0.25) is 0 Å². The minimum atomic E-state index is 0.208. The predicted molar refractivity (Wildman–Crippen MR) is 59.6 cm³/mol. The van der Waals surface area contributed by atoms with Crippen molar-refractivity contribution in [2.24, 2.45) is 5.92 Å². The Balaban J connectivity index is 2.04. The van der Waals surface area contributed by atoms with Crippen LogP contribution in [0.3, 0.4) is 0 Å². The molecule has 0 bridgehead atoms. The summed E-state index contributed by atoms with van der Waals surface area (Å²) in [7, 11) is 1.59. The van der Waals surface area contributed by atoms with Gasteiger partial charge in [0, 0.05) is 25.1 Å². The van der Waals surface area contributed by atoms with E-state index in [-0.39, 0.29) is 5.92 Å². The largest absolute Gasteiger partial charge is 0.481 e. The standard InChI is InChI=1S/C11H15N3O2/c1-16-11-6-10(12-8-13-11)14-4-2-9(7-15)3-5-14/h6-9H,2-5H2,1H3. The first-order valence-corrected chi connectivity index (χ1v) is 5.39. The molecule has 0 aromatic carbocycles. The van der Waals surface area contributed by atoms with Crippen LogP contribution in [0, 0.1) is 5.92 Å². The third-order valence-corrected chi connectivity index (χ3v) is 2.89. The maximum Gasteiger partial charge on any atom is 0.218 e. The number of aromatic nitrogens is 2. The van der Waals surface area contributed by atoms with Crippen LogP contribution in [-0.4, -0.2) is 36.5 Å². The molecule has 1 aromatic rings. The molecule has 0 aliphatic carbocycles. The highest BCUT2D eigenvalue weighted by molar-refractivity contribution is 5.54. The van der Waals surface area contributed by atoms with Gasteiger partial charge in [-0.15, -0.1) is 0 Å². The number of carbonyl (C=O) groups is 1. The summed E-state index contributed by atoms with van der Waals surface area (Å²) in [6, 6.07) is 1.82. The van der Waals surface area contributed by atoms with Crippen LogP contribution in [0.15, 0.2) is 12.4 Å². The Hall–Kier alpha value is -1.65. The van der Waals surface area contributed by atoms with E-state index < -0.39 is 0 Å². The van der Waals surface area contributed by atoms with E-state index in [0.717, 1.165) is 38.0 Å². The number of anilines is 1. The molecule has 1 aromatic heterocycles. The van der Waals surface area contributed by atoms with Gasteiger partial charge in [0.15, 0.2) is 0 Å². The lowest BCUT2D eigenvalue weighted by Crippen LogP contribution is -2.34. The van der Waals surface area contributed by atoms with Crippen LogP contribution in [-0.2, 0) is 4.79 Å². The topological polar surface area (TPSA) is 55.3 Å². The zero-order chi connectivity index (χ0) is 11.4. The summed E-state index contributed by atoms with van der Waals surface area (Å²) in [5.74, 6) is 1.65. The molecule has 0 saturated carbocycles. The van der Waals surface area contributed by atoms with Gasteiger partial charge < -0.3 is 14.4 Å². The van der Waals surface area contributed by atoms with Crippen LogP contribution in [0.5, 0.6) is 5.88 Å². The summed E-state index contributed by atoms with van der Waals surface area (Å²) in [5, 5.41) is 0. The van der Waals surface area contributed by atoms with E-state index in [1.54, 1.807) is 7.11 Å². The molecule has 0 unspecified atom stereocenters. The normalized spacial score (nSPS) is 17.2. The monoisotopic (exact) mass is 221 g/mol. The van der Waals surface area contributed by atoms with Crippen molar-refractivity contribution in [3.05, 3.63) is 12.4 Å². The molecule has 0 spiro atoms. The third kappa shape index (κ3) is 2.29. The zero-order valence-corrected chi connectivity index (χ0v) is 9.30. The molecule has 0 radical (unpaired) electrons. The van der Waals surface area contributed by atoms with E-state index >= 15 is 0 Å². The Morgan fingerprint density at radius 1 is 1.44 bits per heavy atom. The van der Waals surface area contributed by atoms with Crippen molar-refractivity contribution in [3.8, 4) is 5.88 Å². The number of hydrogen-bond donors (Lipinski definition) is 0. The first kappa shape index (κ1) is 10.9. The smallest absolute Gasteiger partial charge is 0.218 e. The van der Waals surface area contributed by atoms with Crippen molar-refractivity contribution in [2.45, 2.75) is 12.8 Å². The van der Waals surface area contributed by atoms with Gasteiger partial charge in [-0.05, 0) is 12.8 Å². The molecule has 1 aliphatic rings. The Labute approximate surface area is 94.5 Å². The Bertz CT molecular complexity index is 362. The fourth-order valence-corrected chi connectivity index (χ4v) is 1.88. The van der Waals surface area contributed by atoms with Crippen LogP contribution in [0.1, 0.15) is 12.8 Å². The molecule has 5 heteroatoms. The molecule has 0 amide bonds. The first-order chi connectivity index (χ1) is 7.83. The van der Waals surface area contributed by atoms with Crippen LogP contribution < -0.4 is 9.64 Å². The Morgan fingerprint density at radius 2 is 2.19 bits per heavy atom. The van der Waals surface area contributed by atoms with Gasteiger partial charge in [-0.1, -0.05) is 0 Å². The fourth-order valence-electron chi connectivity index (χ4n) is 1.88. The van der Waals surface area contributed by atoms with E-state index in [2.05, 4.69) is 14.9 Å². The van der Waals surface area contributed by atoms with E-state index in [9.17, 15) is 4.79 Å². The quantitative estimate of drug-likeness (QED) is 0.710.